The van der Waals surface area contributed by atoms with E-state index in [0.29, 0.717) is 18.2 Å². The van der Waals surface area contributed by atoms with Crippen LogP contribution in [0.1, 0.15) is 42.7 Å². The molecule has 2 aliphatic rings. The summed E-state index contributed by atoms with van der Waals surface area (Å²) in [5, 5.41) is 10.9. The first-order valence-electron chi connectivity index (χ1n) is 8.21. The van der Waals surface area contributed by atoms with Crippen LogP contribution in [0.15, 0.2) is 9.52 Å². The van der Waals surface area contributed by atoms with E-state index in [0.717, 1.165) is 43.2 Å². The SMILES string of the molecule is CN=C(NCCCc1c(C)noc1C)NC1CC2CCC1O2.I. The van der Waals surface area contributed by atoms with Crippen molar-refractivity contribution in [3.63, 3.8) is 0 Å². The van der Waals surface area contributed by atoms with Crippen molar-refractivity contribution in [2.45, 2.75) is 64.2 Å². The second kappa shape index (κ2) is 8.32. The third-order valence-electron chi connectivity index (χ3n) is 4.73. The number of aliphatic imine (C=N–C) groups is 1. The zero-order valence-electron chi connectivity index (χ0n) is 14.1. The van der Waals surface area contributed by atoms with E-state index in [1.165, 1.54) is 18.4 Å². The number of halogens is 1. The van der Waals surface area contributed by atoms with Gasteiger partial charge in [-0.2, -0.15) is 0 Å². The van der Waals surface area contributed by atoms with Gasteiger partial charge in [-0.15, -0.1) is 24.0 Å². The summed E-state index contributed by atoms with van der Waals surface area (Å²) in [6.07, 6.45) is 6.31. The molecule has 2 bridgehead atoms. The predicted molar refractivity (Wildman–Crippen MR) is 101 cm³/mol. The van der Waals surface area contributed by atoms with Crippen LogP contribution < -0.4 is 10.6 Å². The monoisotopic (exact) mass is 434 g/mol. The Morgan fingerprint density at radius 1 is 1.35 bits per heavy atom. The zero-order valence-corrected chi connectivity index (χ0v) is 16.4. The highest BCUT2D eigenvalue weighted by Crippen LogP contribution is 2.34. The normalized spacial score (nSPS) is 26.2. The molecule has 3 unspecified atom stereocenters. The molecule has 2 N–H and O–H groups in total. The Balaban J connectivity index is 0.00000192. The van der Waals surface area contributed by atoms with Gasteiger partial charge in [-0.3, -0.25) is 4.99 Å². The Hall–Kier alpha value is -0.830. The molecule has 0 spiro atoms. The standard InChI is InChI=1S/C16H26N4O2.HI/c1-10-13(11(2)22-20-10)5-4-8-18-16(17-3)19-14-9-12-6-7-15(14)21-12;/h12,14-15H,4-9H2,1-3H3,(H2,17,18,19);1H. The molecule has 23 heavy (non-hydrogen) atoms. The lowest BCUT2D eigenvalue weighted by Crippen LogP contribution is -2.47. The van der Waals surface area contributed by atoms with Crippen molar-refractivity contribution in [3.05, 3.63) is 17.0 Å². The highest BCUT2D eigenvalue weighted by Gasteiger charge is 2.41. The Morgan fingerprint density at radius 3 is 2.74 bits per heavy atom. The second-order valence-corrected chi connectivity index (χ2v) is 6.27. The molecule has 1 aromatic rings. The van der Waals surface area contributed by atoms with E-state index in [1.54, 1.807) is 0 Å². The van der Waals surface area contributed by atoms with E-state index in [9.17, 15) is 0 Å². The lowest BCUT2D eigenvalue weighted by Gasteiger charge is -2.22. The van der Waals surface area contributed by atoms with Crippen molar-refractivity contribution in [3.8, 4) is 0 Å². The number of fused-ring (bicyclic) bond motifs is 2. The maximum absolute atomic E-state index is 5.87. The molecule has 3 atom stereocenters. The van der Waals surface area contributed by atoms with Crippen molar-refractivity contribution >= 4 is 29.9 Å². The molecule has 3 heterocycles. The molecule has 0 amide bonds. The van der Waals surface area contributed by atoms with Crippen molar-refractivity contribution in [1.82, 2.24) is 15.8 Å². The summed E-state index contributed by atoms with van der Waals surface area (Å²) in [6, 6.07) is 0.410. The van der Waals surface area contributed by atoms with E-state index in [1.807, 2.05) is 20.9 Å². The molecule has 0 aliphatic carbocycles. The van der Waals surface area contributed by atoms with Gasteiger partial charge in [0.05, 0.1) is 23.9 Å². The van der Waals surface area contributed by atoms with E-state index in [4.69, 9.17) is 9.26 Å². The summed E-state index contributed by atoms with van der Waals surface area (Å²) >= 11 is 0. The van der Waals surface area contributed by atoms with Gasteiger partial charge in [0.25, 0.3) is 0 Å². The number of rotatable bonds is 5. The Bertz CT molecular complexity index is 527. The van der Waals surface area contributed by atoms with Gasteiger partial charge in [0, 0.05) is 19.2 Å². The molecule has 2 aliphatic heterocycles. The predicted octanol–water partition coefficient (Wildman–Crippen LogP) is 2.33. The minimum absolute atomic E-state index is 0. The molecular weight excluding hydrogens is 407 g/mol. The molecule has 130 valence electrons. The fourth-order valence-corrected chi connectivity index (χ4v) is 3.49. The summed E-state index contributed by atoms with van der Waals surface area (Å²) in [6.45, 7) is 4.85. The van der Waals surface area contributed by atoms with Crippen LogP contribution in [-0.2, 0) is 11.2 Å². The lowest BCUT2D eigenvalue weighted by molar-refractivity contribution is 0.0992. The van der Waals surface area contributed by atoms with Crippen LogP contribution in [-0.4, -0.2) is 43.0 Å². The van der Waals surface area contributed by atoms with Crippen LogP contribution >= 0.6 is 24.0 Å². The fourth-order valence-electron chi connectivity index (χ4n) is 3.49. The molecule has 6 nitrogen and oxygen atoms in total. The first-order valence-corrected chi connectivity index (χ1v) is 8.21. The maximum atomic E-state index is 5.87. The van der Waals surface area contributed by atoms with Gasteiger partial charge >= 0.3 is 0 Å². The third-order valence-corrected chi connectivity index (χ3v) is 4.73. The van der Waals surface area contributed by atoms with Crippen LogP contribution in [0.25, 0.3) is 0 Å². The number of hydrogen-bond acceptors (Lipinski definition) is 4. The average molecular weight is 434 g/mol. The Kier molecular flexibility index (Phi) is 6.70. The zero-order chi connectivity index (χ0) is 15.5. The van der Waals surface area contributed by atoms with Crippen LogP contribution in [0.4, 0.5) is 0 Å². The van der Waals surface area contributed by atoms with E-state index >= 15 is 0 Å². The highest BCUT2D eigenvalue weighted by molar-refractivity contribution is 14.0. The number of guanidine groups is 1. The third kappa shape index (κ3) is 4.37. The van der Waals surface area contributed by atoms with Gasteiger partial charge in [-0.1, -0.05) is 5.16 Å². The molecule has 2 fully saturated rings. The molecule has 0 aromatic carbocycles. The number of ether oxygens (including phenoxy) is 1. The van der Waals surface area contributed by atoms with Gasteiger partial charge in [-0.25, -0.2) is 0 Å². The van der Waals surface area contributed by atoms with E-state index in [-0.39, 0.29) is 24.0 Å². The molecule has 0 radical (unpaired) electrons. The minimum atomic E-state index is 0. The molecule has 7 heteroatoms. The van der Waals surface area contributed by atoms with Gasteiger partial charge in [-0.05, 0) is 46.0 Å². The topological polar surface area (TPSA) is 71.7 Å². The summed E-state index contributed by atoms with van der Waals surface area (Å²) in [4.78, 5) is 4.31. The molecule has 1 aromatic heterocycles. The first kappa shape index (κ1) is 18.5. The number of hydrogen-bond donors (Lipinski definition) is 2. The highest BCUT2D eigenvalue weighted by atomic mass is 127. The summed E-state index contributed by atoms with van der Waals surface area (Å²) in [5.41, 5.74) is 2.23. The Labute approximate surface area is 154 Å². The smallest absolute Gasteiger partial charge is 0.191 e. The van der Waals surface area contributed by atoms with Crippen molar-refractivity contribution in [2.75, 3.05) is 13.6 Å². The Morgan fingerprint density at radius 2 is 2.17 bits per heavy atom. The lowest BCUT2D eigenvalue weighted by atomic mass is 9.96. The molecule has 2 saturated heterocycles. The first-order chi connectivity index (χ1) is 10.7. The largest absolute Gasteiger partial charge is 0.373 e. The van der Waals surface area contributed by atoms with Crippen molar-refractivity contribution in [1.29, 1.82) is 0 Å². The summed E-state index contributed by atoms with van der Waals surface area (Å²) in [7, 11) is 1.82. The van der Waals surface area contributed by atoms with Crippen LogP contribution in [0.5, 0.6) is 0 Å². The van der Waals surface area contributed by atoms with Gasteiger partial charge in [0.15, 0.2) is 5.96 Å². The minimum Gasteiger partial charge on any atom is -0.373 e. The van der Waals surface area contributed by atoms with Gasteiger partial charge < -0.3 is 19.9 Å². The average Bonchev–Trinajstić information content (AvgIpc) is 3.20. The summed E-state index contributed by atoms with van der Waals surface area (Å²) in [5.74, 6) is 1.80. The van der Waals surface area contributed by atoms with E-state index < -0.39 is 0 Å². The van der Waals surface area contributed by atoms with Crippen LogP contribution in [0, 0.1) is 13.8 Å². The maximum Gasteiger partial charge on any atom is 0.191 e. The van der Waals surface area contributed by atoms with Gasteiger partial charge in [0.2, 0.25) is 0 Å². The second-order valence-electron chi connectivity index (χ2n) is 6.27. The van der Waals surface area contributed by atoms with Crippen LogP contribution in [0.3, 0.4) is 0 Å². The van der Waals surface area contributed by atoms with Gasteiger partial charge in [0.1, 0.15) is 5.76 Å². The van der Waals surface area contributed by atoms with E-state index in [2.05, 4.69) is 20.8 Å². The van der Waals surface area contributed by atoms with Crippen molar-refractivity contribution < 1.29 is 9.26 Å². The van der Waals surface area contributed by atoms with Crippen molar-refractivity contribution in [2.24, 2.45) is 4.99 Å². The molecular formula is C16H27IN4O2. The number of nitrogens with zero attached hydrogens (tertiary/aromatic N) is 2. The van der Waals surface area contributed by atoms with Crippen LogP contribution in [0.2, 0.25) is 0 Å². The number of aromatic nitrogens is 1. The molecule has 3 rings (SSSR count). The number of aryl methyl sites for hydroxylation is 2. The fraction of sp³-hybridized carbons (Fsp3) is 0.750. The summed E-state index contributed by atoms with van der Waals surface area (Å²) < 4.78 is 11.1. The quantitative estimate of drug-likeness (QED) is 0.322. The number of nitrogens with one attached hydrogen (secondary N) is 2. The molecule has 0 saturated carbocycles.